The number of unbranched alkanes of at least 4 members (excludes halogenated alkanes) is 1. The predicted octanol–water partition coefficient (Wildman–Crippen LogP) is -0.296. The molecule has 0 aliphatic heterocycles. The maximum Gasteiger partial charge on any atom is 0.106 e. The summed E-state index contributed by atoms with van der Waals surface area (Å²) in [5.41, 5.74) is 5.32. The number of nitrogens with two attached hydrogens (primary N) is 1. The van der Waals surface area contributed by atoms with Gasteiger partial charge in [0.05, 0.1) is 0 Å². The highest BCUT2D eigenvalue weighted by atomic mass is 16.3. The van der Waals surface area contributed by atoms with E-state index in [-0.39, 0.29) is 0 Å². The first-order valence-corrected chi connectivity index (χ1v) is 4.41. The van der Waals surface area contributed by atoms with Gasteiger partial charge in [0.1, 0.15) is 12.5 Å². The van der Waals surface area contributed by atoms with Crippen LogP contribution >= 0.6 is 0 Å². The van der Waals surface area contributed by atoms with Gasteiger partial charge in [0, 0.05) is 6.54 Å². The summed E-state index contributed by atoms with van der Waals surface area (Å²) >= 11 is 0. The van der Waals surface area contributed by atoms with Crippen molar-refractivity contribution in [3.8, 4) is 0 Å². The summed E-state index contributed by atoms with van der Waals surface area (Å²) in [6.45, 7) is 4.64. The van der Waals surface area contributed by atoms with Crippen molar-refractivity contribution in [3.63, 3.8) is 0 Å². The highest BCUT2D eigenvalue weighted by molar-refractivity contribution is 4.59. The predicted molar refractivity (Wildman–Crippen MR) is 48.4 cm³/mol. The SMILES string of the molecule is CC(O)N(CCCCN)C(C)O. The first-order chi connectivity index (χ1) is 5.59. The van der Waals surface area contributed by atoms with E-state index in [9.17, 15) is 10.2 Å². The van der Waals surface area contributed by atoms with Crippen molar-refractivity contribution < 1.29 is 10.2 Å². The van der Waals surface area contributed by atoms with Crippen molar-refractivity contribution in [1.82, 2.24) is 4.90 Å². The zero-order valence-electron chi connectivity index (χ0n) is 7.90. The molecule has 0 rings (SSSR count). The van der Waals surface area contributed by atoms with Gasteiger partial charge in [-0.2, -0.15) is 0 Å². The van der Waals surface area contributed by atoms with Gasteiger partial charge in [-0.3, -0.25) is 4.90 Å². The fraction of sp³-hybridized carbons (Fsp3) is 1.00. The zero-order chi connectivity index (χ0) is 9.56. The highest BCUT2D eigenvalue weighted by Crippen LogP contribution is 2.03. The summed E-state index contributed by atoms with van der Waals surface area (Å²) < 4.78 is 0. The Morgan fingerprint density at radius 1 is 1.17 bits per heavy atom. The molecule has 2 atom stereocenters. The lowest BCUT2D eigenvalue weighted by Crippen LogP contribution is -2.40. The van der Waals surface area contributed by atoms with E-state index in [2.05, 4.69) is 0 Å². The molecular formula is C8H20N2O2. The maximum atomic E-state index is 9.22. The van der Waals surface area contributed by atoms with E-state index in [1.165, 1.54) is 0 Å². The van der Waals surface area contributed by atoms with E-state index >= 15 is 0 Å². The summed E-state index contributed by atoms with van der Waals surface area (Å²) in [5.74, 6) is 0. The Bertz CT molecular complexity index is 99.2. The molecule has 0 heterocycles. The summed E-state index contributed by atoms with van der Waals surface area (Å²) in [7, 11) is 0. The molecule has 4 heteroatoms. The van der Waals surface area contributed by atoms with E-state index in [0.717, 1.165) is 12.8 Å². The largest absolute Gasteiger partial charge is 0.379 e. The second-order valence-electron chi connectivity index (χ2n) is 3.00. The molecule has 4 N–H and O–H groups in total. The minimum Gasteiger partial charge on any atom is -0.379 e. The fourth-order valence-electron chi connectivity index (χ4n) is 1.12. The van der Waals surface area contributed by atoms with Gasteiger partial charge in [0.25, 0.3) is 0 Å². The molecule has 12 heavy (non-hydrogen) atoms. The van der Waals surface area contributed by atoms with Gasteiger partial charge in [0.15, 0.2) is 0 Å². The third-order valence-corrected chi connectivity index (χ3v) is 1.83. The van der Waals surface area contributed by atoms with Gasteiger partial charge in [-0.1, -0.05) is 0 Å². The minimum atomic E-state index is -0.595. The topological polar surface area (TPSA) is 69.7 Å². The number of aliphatic hydroxyl groups is 2. The van der Waals surface area contributed by atoms with Gasteiger partial charge in [-0.15, -0.1) is 0 Å². The van der Waals surface area contributed by atoms with Crippen LogP contribution in [0.15, 0.2) is 0 Å². The second kappa shape index (κ2) is 6.37. The van der Waals surface area contributed by atoms with Crippen molar-refractivity contribution in [1.29, 1.82) is 0 Å². The minimum absolute atomic E-state index is 0.595. The second-order valence-corrected chi connectivity index (χ2v) is 3.00. The van der Waals surface area contributed by atoms with Crippen LogP contribution < -0.4 is 5.73 Å². The van der Waals surface area contributed by atoms with Crippen molar-refractivity contribution in [2.75, 3.05) is 13.1 Å². The van der Waals surface area contributed by atoms with Crippen LogP contribution in [0.2, 0.25) is 0 Å². The van der Waals surface area contributed by atoms with Gasteiger partial charge in [-0.05, 0) is 33.2 Å². The summed E-state index contributed by atoms with van der Waals surface area (Å²) in [6, 6.07) is 0. The number of aliphatic hydroxyl groups excluding tert-OH is 2. The van der Waals surface area contributed by atoms with E-state index < -0.39 is 12.5 Å². The monoisotopic (exact) mass is 176 g/mol. The summed E-state index contributed by atoms with van der Waals surface area (Å²) in [4.78, 5) is 1.62. The quantitative estimate of drug-likeness (QED) is 0.384. The Hall–Kier alpha value is -0.160. The first kappa shape index (κ1) is 11.8. The normalized spacial score (nSPS) is 16.5. The lowest BCUT2D eigenvalue weighted by atomic mass is 10.3. The van der Waals surface area contributed by atoms with Crippen LogP contribution in [-0.4, -0.2) is 40.7 Å². The molecule has 0 radical (unpaired) electrons. The molecule has 0 aromatic heterocycles. The Morgan fingerprint density at radius 3 is 2.00 bits per heavy atom. The van der Waals surface area contributed by atoms with Crippen LogP contribution in [0.3, 0.4) is 0 Å². The molecule has 0 aliphatic carbocycles. The lowest BCUT2D eigenvalue weighted by molar-refractivity contribution is -0.0843. The zero-order valence-corrected chi connectivity index (χ0v) is 7.90. The van der Waals surface area contributed by atoms with E-state index in [1.807, 2.05) is 0 Å². The molecule has 4 nitrogen and oxygen atoms in total. The Labute approximate surface area is 74.0 Å². The van der Waals surface area contributed by atoms with Crippen LogP contribution in [0, 0.1) is 0 Å². The molecule has 0 aromatic rings. The Kier molecular flexibility index (Phi) is 6.28. The van der Waals surface area contributed by atoms with Gasteiger partial charge < -0.3 is 15.9 Å². The standard InChI is InChI=1S/C8H20N2O2/c1-7(11)10(8(2)12)6-4-3-5-9/h7-8,11-12H,3-6,9H2,1-2H3. The molecule has 0 aliphatic rings. The van der Waals surface area contributed by atoms with E-state index in [4.69, 9.17) is 5.73 Å². The van der Waals surface area contributed by atoms with Crippen molar-refractivity contribution in [2.45, 2.75) is 39.1 Å². The smallest absolute Gasteiger partial charge is 0.106 e. The van der Waals surface area contributed by atoms with Crippen LogP contribution in [-0.2, 0) is 0 Å². The van der Waals surface area contributed by atoms with Crippen molar-refractivity contribution in [3.05, 3.63) is 0 Å². The number of hydrogen-bond acceptors (Lipinski definition) is 4. The third-order valence-electron chi connectivity index (χ3n) is 1.83. The molecule has 74 valence electrons. The average Bonchev–Trinajstić information content (AvgIpc) is 1.96. The van der Waals surface area contributed by atoms with Gasteiger partial charge >= 0.3 is 0 Å². The molecule has 0 amide bonds. The van der Waals surface area contributed by atoms with E-state index in [1.54, 1.807) is 18.7 Å². The molecule has 0 fully saturated rings. The molecule has 0 saturated heterocycles. The molecular weight excluding hydrogens is 156 g/mol. The van der Waals surface area contributed by atoms with Gasteiger partial charge in [0.2, 0.25) is 0 Å². The highest BCUT2D eigenvalue weighted by Gasteiger charge is 2.14. The Balaban J connectivity index is 3.64. The molecule has 2 unspecified atom stereocenters. The van der Waals surface area contributed by atoms with Crippen LogP contribution in [0.4, 0.5) is 0 Å². The van der Waals surface area contributed by atoms with Gasteiger partial charge in [-0.25, -0.2) is 0 Å². The molecule has 0 aromatic carbocycles. The summed E-state index contributed by atoms with van der Waals surface area (Å²) in [5, 5.41) is 18.4. The fourth-order valence-corrected chi connectivity index (χ4v) is 1.12. The lowest BCUT2D eigenvalue weighted by Gasteiger charge is -2.27. The molecule has 0 saturated carbocycles. The number of hydrogen-bond donors (Lipinski definition) is 3. The number of nitrogens with zero attached hydrogens (tertiary/aromatic N) is 1. The van der Waals surface area contributed by atoms with Crippen LogP contribution in [0.25, 0.3) is 0 Å². The first-order valence-electron chi connectivity index (χ1n) is 4.41. The third kappa shape index (κ3) is 4.66. The number of rotatable bonds is 6. The van der Waals surface area contributed by atoms with E-state index in [0.29, 0.717) is 13.1 Å². The summed E-state index contributed by atoms with van der Waals surface area (Å²) in [6.07, 6.45) is 0.646. The molecule has 0 spiro atoms. The van der Waals surface area contributed by atoms with Crippen molar-refractivity contribution >= 4 is 0 Å². The average molecular weight is 176 g/mol. The van der Waals surface area contributed by atoms with Crippen LogP contribution in [0.5, 0.6) is 0 Å². The maximum absolute atomic E-state index is 9.22. The van der Waals surface area contributed by atoms with Crippen LogP contribution in [0.1, 0.15) is 26.7 Å². The van der Waals surface area contributed by atoms with Crippen molar-refractivity contribution in [2.24, 2.45) is 5.73 Å². The molecule has 0 bridgehead atoms. The Morgan fingerprint density at radius 2 is 1.67 bits per heavy atom.